The first kappa shape index (κ1) is 29.4. The minimum Gasteiger partial charge on any atom is -0.374 e. The molecular weight excluding hydrogens is 540 g/mol. The van der Waals surface area contributed by atoms with Gasteiger partial charge in [-0.1, -0.05) is 133 Å². The van der Waals surface area contributed by atoms with Crippen molar-refractivity contribution in [1.29, 1.82) is 0 Å². The number of halogens is 1. The van der Waals surface area contributed by atoms with E-state index in [0.717, 1.165) is 22.3 Å². The zero-order chi connectivity index (χ0) is 28.3. The summed E-state index contributed by atoms with van der Waals surface area (Å²) in [6.45, 7) is 1.28. The van der Waals surface area contributed by atoms with Gasteiger partial charge in [0.25, 0.3) is 5.25 Å². The van der Waals surface area contributed by atoms with Gasteiger partial charge in [-0.15, -0.1) is 0 Å². The molecule has 214 valence electrons. The third-order valence-corrected chi connectivity index (χ3v) is 7.20. The minimum absolute atomic E-state index is 0.125. The highest BCUT2D eigenvalue weighted by Gasteiger charge is 2.55. The van der Waals surface area contributed by atoms with Gasteiger partial charge in [0.05, 0.1) is 33.0 Å². The van der Waals surface area contributed by atoms with Gasteiger partial charge in [0, 0.05) is 0 Å². The van der Waals surface area contributed by atoms with Crippen LogP contribution in [0.2, 0.25) is 0 Å². The molecule has 1 heterocycles. The lowest BCUT2D eigenvalue weighted by Gasteiger charge is -2.47. The maximum Gasteiger partial charge on any atom is 0.276 e. The van der Waals surface area contributed by atoms with E-state index in [2.05, 4.69) is 0 Å². The molecule has 1 N–H and O–H groups in total. The molecule has 0 radical (unpaired) electrons. The maximum atomic E-state index is 11.4. The molecule has 1 fully saturated rings. The van der Waals surface area contributed by atoms with Crippen LogP contribution in [0.4, 0.5) is 0 Å². The second kappa shape index (κ2) is 14.7. The third-order valence-electron chi connectivity index (χ3n) is 6.89. The molecular formula is C34H35ClO6. The molecule has 5 atom stereocenters. The third kappa shape index (κ3) is 8.47. The molecule has 1 aliphatic heterocycles. The number of hydrogen-bond donors (Lipinski definition) is 1. The maximum absolute atomic E-state index is 11.4. The van der Waals surface area contributed by atoms with E-state index >= 15 is 0 Å². The molecule has 0 bridgehead atoms. The van der Waals surface area contributed by atoms with Crippen molar-refractivity contribution in [3.63, 3.8) is 0 Å². The molecule has 7 heteroatoms. The number of alkyl halides is 1. The molecule has 5 rings (SSSR count). The van der Waals surface area contributed by atoms with Gasteiger partial charge in [0.1, 0.15) is 18.3 Å². The average molecular weight is 575 g/mol. The summed E-state index contributed by atoms with van der Waals surface area (Å²) in [6.07, 6.45) is -3.22. The van der Waals surface area contributed by atoms with Crippen LogP contribution in [0.5, 0.6) is 0 Å². The molecule has 0 aromatic heterocycles. The van der Waals surface area contributed by atoms with E-state index in [9.17, 15) is 5.11 Å². The quantitative estimate of drug-likeness (QED) is 0.191. The van der Waals surface area contributed by atoms with Crippen molar-refractivity contribution in [3.05, 3.63) is 144 Å². The molecule has 1 saturated heterocycles. The Bertz CT molecular complexity index is 1290. The summed E-state index contributed by atoms with van der Waals surface area (Å²) >= 11 is 6.67. The summed E-state index contributed by atoms with van der Waals surface area (Å²) in [6, 6.07) is 39.2. The Hall–Kier alpha value is -3.07. The van der Waals surface area contributed by atoms with Crippen LogP contribution in [0.15, 0.2) is 121 Å². The second-order valence-electron chi connectivity index (χ2n) is 10.0. The molecule has 0 aliphatic carbocycles. The van der Waals surface area contributed by atoms with Gasteiger partial charge in [-0.3, -0.25) is 0 Å². The number of ether oxygens (including phenoxy) is 5. The minimum atomic E-state index is -2.18. The zero-order valence-corrected chi connectivity index (χ0v) is 23.5. The molecule has 0 saturated carbocycles. The van der Waals surface area contributed by atoms with Crippen LogP contribution in [0.1, 0.15) is 22.3 Å². The Morgan fingerprint density at radius 1 is 0.561 bits per heavy atom. The van der Waals surface area contributed by atoms with Crippen molar-refractivity contribution in [1.82, 2.24) is 0 Å². The highest BCUT2D eigenvalue weighted by molar-refractivity contribution is 6.22. The average Bonchev–Trinajstić information content (AvgIpc) is 3.01. The van der Waals surface area contributed by atoms with E-state index in [1.165, 1.54) is 0 Å². The van der Waals surface area contributed by atoms with E-state index in [4.69, 9.17) is 35.3 Å². The van der Waals surface area contributed by atoms with Crippen LogP contribution in [-0.2, 0) is 50.1 Å². The molecule has 1 aliphatic rings. The summed E-state index contributed by atoms with van der Waals surface area (Å²) in [5, 5.41) is 9.22. The zero-order valence-electron chi connectivity index (χ0n) is 22.8. The fourth-order valence-electron chi connectivity index (χ4n) is 4.80. The second-order valence-corrected chi connectivity index (χ2v) is 10.5. The van der Waals surface area contributed by atoms with Gasteiger partial charge in [0.2, 0.25) is 0 Å². The van der Waals surface area contributed by atoms with E-state index < -0.39 is 29.7 Å². The SMILES string of the molecule is OC1(Cl)O[C@H](COCc2ccccc2)[C@@H](OCc2ccccc2)[C@H](OCc2ccccc2)[C@H]1OCc1ccccc1. The first-order valence-electron chi connectivity index (χ1n) is 13.8. The molecule has 0 spiro atoms. The Morgan fingerprint density at radius 2 is 0.951 bits per heavy atom. The van der Waals surface area contributed by atoms with Crippen LogP contribution >= 0.6 is 11.6 Å². The Kier molecular flexibility index (Phi) is 10.6. The molecule has 0 amide bonds. The van der Waals surface area contributed by atoms with Gasteiger partial charge < -0.3 is 28.8 Å². The van der Waals surface area contributed by atoms with Crippen molar-refractivity contribution in [2.24, 2.45) is 0 Å². The highest BCUT2D eigenvalue weighted by Crippen LogP contribution is 2.38. The topological polar surface area (TPSA) is 66.4 Å². The normalized spacial score (nSPS) is 24.2. The number of rotatable bonds is 13. The lowest BCUT2D eigenvalue weighted by Crippen LogP contribution is -2.65. The van der Waals surface area contributed by atoms with Crippen LogP contribution in [-0.4, -0.2) is 41.4 Å². The Labute approximate surface area is 246 Å². The van der Waals surface area contributed by atoms with Gasteiger partial charge >= 0.3 is 0 Å². The van der Waals surface area contributed by atoms with Crippen LogP contribution in [0.25, 0.3) is 0 Å². The molecule has 41 heavy (non-hydrogen) atoms. The van der Waals surface area contributed by atoms with Crippen LogP contribution in [0.3, 0.4) is 0 Å². The van der Waals surface area contributed by atoms with E-state index in [0.29, 0.717) is 13.2 Å². The number of aliphatic hydroxyl groups is 1. The van der Waals surface area contributed by atoms with Crippen molar-refractivity contribution < 1.29 is 28.8 Å². The monoisotopic (exact) mass is 574 g/mol. The predicted octanol–water partition coefficient (Wildman–Crippen LogP) is 6.24. The molecule has 6 nitrogen and oxygen atoms in total. The summed E-state index contributed by atoms with van der Waals surface area (Å²) in [4.78, 5) is 0. The van der Waals surface area contributed by atoms with E-state index in [-0.39, 0.29) is 19.8 Å². The lowest BCUT2D eigenvalue weighted by atomic mass is 9.97. The first-order chi connectivity index (χ1) is 20.1. The van der Waals surface area contributed by atoms with Crippen molar-refractivity contribution in [2.45, 2.75) is 56.1 Å². The molecule has 4 aromatic carbocycles. The van der Waals surface area contributed by atoms with Crippen molar-refractivity contribution >= 4 is 11.6 Å². The summed E-state index contributed by atoms with van der Waals surface area (Å²) in [5.74, 6) is 0. The van der Waals surface area contributed by atoms with E-state index in [1.807, 2.05) is 121 Å². The summed E-state index contributed by atoms with van der Waals surface area (Å²) < 4.78 is 31.3. The fourth-order valence-corrected chi connectivity index (χ4v) is 5.11. The van der Waals surface area contributed by atoms with E-state index in [1.54, 1.807) is 0 Å². The smallest absolute Gasteiger partial charge is 0.276 e. The molecule has 4 aromatic rings. The Morgan fingerprint density at radius 3 is 1.41 bits per heavy atom. The van der Waals surface area contributed by atoms with Crippen LogP contribution < -0.4 is 0 Å². The highest BCUT2D eigenvalue weighted by atomic mass is 35.5. The van der Waals surface area contributed by atoms with Gasteiger partial charge in [-0.2, -0.15) is 0 Å². The fraction of sp³-hybridized carbons (Fsp3) is 0.294. The van der Waals surface area contributed by atoms with Crippen LogP contribution in [0, 0.1) is 0 Å². The first-order valence-corrected chi connectivity index (χ1v) is 14.1. The van der Waals surface area contributed by atoms with Gasteiger partial charge in [-0.25, -0.2) is 0 Å². The van der Waals surface area contributed by atoms with Crippen molar-refractivity contribution in [3.8, 4) is 0 Å². The summed E-state index contributed by atoms with van der Waals surface area (Å²) in [5.41, 5.74) is 3.91. The Balaban J connectivity index is 1.39. The van der Waals surface area contributed by atoms with Gasteiger partial charge in [-0.05, 0) is 22.3 Å². The van der Waals surface area contributed by atoms with Crippen molar-refractivity contribution in [2.75, 3.05) is 6.61 Å². The largest absolute Gasteiger partial charge is 0.374 e. The molecule has 1 unspecified atom stereocenters. The summed E-state index contributed by atoms with van der Waals surface area (Å²) in [7, 11) is 0. The van der Waals surface area contributed by atoms with Gasteiger partial charge in [0.15, 0.2) is 6.10 Å². The standard InChI is InChI=1S/C34H35ClO6/c35-34(36)33(40-24-29-19-11-4-12-20-29)32(39-23-28-17-9-3-10-18-28)31(38-22-27-15-7-2-8-16-27)30(41-34)25-37-21-26-13-5-1-6-14-26/h1-20,30-33,36H,21-25H2/t30-,31-,32+,33-,34?/m1/s1. The lowest BCUT2D eigenvalue weighted by molar-refractivity contribution is -0.337. The predicted molar refractivity (Wildman–Crippen MR) is 157 cm³/mol. The number of benzene rings is 4. The number of hydrogen-bond acceptors (Lipinski definition) is 6.